The third-order valence-electron chi connectivity index (χ3n) is 4.01. The Hall–Kier alpha value is -2.63. The number of rotatable bonds is 6. The van der Waals surface area contributed by atoms with Crippen molar-refractivity contribution in [1.29, 1.82) is 0 Å². The van der Waals surface area contributed by atoms with Crippen LogP contribution < -0.4 is 5.32 Å². The Labute approximate surface area is 154 Å². The summed E-state index contributed by atoms with van der Waals surface area (Å²) in [5.41, 5.74) is 1.77. The zero-order chi connectivity index (χ0) is 19.3. The quantitative estimate of drug-likeness (QED) is 0.854. The standard InChI is InChI=1S/C20H27N3O3/c1-6-11-23(13-18(24)21-17-12-14(2)26-22-17)19(25)15-7-9-16(10-8-15)20(3,4)5/h7-10,12H,6,11,13H2,1-5H3,(H,21,22,24). The van der Waals surface area contributed by atoms with Gasteiger partial charge in [0.1, 0.15) is 12.3 Å². The molecule has 0 atom stereocenters. The van der Waals surface area contributed by atoms with Crippen LogP contribution in [0.5, 0.6) is 0 Å². The molecule has 0 aliphatic rings. The monoisotopic (exact) mass is 357 g/mol. The zero-order valence-corrected chi connectivity index (χ0v) is 16.1. The van der Waals surface area contributed by atoms with Gasteiger partial charge in [-0.15, -0.1) is 0 Å². The number of nitrogens with zero attached hydrogens (tertiary/aromatic N) is 2. The number of aromatic nitrogens is 1. The van der Waals surface area contributed by atoms with Crippen LogP contribution in [0.2, 0.25) is 0 Å². The third kappa shape index (κ3) is 5.18. The molecular weight excluding hydrogens is 330 g/mol. The minimum atomic E-state index is -0.300. The summed E-state index contributed by atoms with van der Waals surface area (Å²) >= 11 is 0. The molecule has 1 aromatic heterocycles. The minimum absolute atomic E-state index is 0.0281. The summed E-state index contributed by atoms with van der Waals surface area (Å²) in [7, 11) is 0. The van der Waals surface area contributed by atoms with Crippen LogP contribution >= 0.6 is 0 Å². The lowest BCUT2D eigenvalue weighted by Gasteiger charge is -2.23. The largest absolute Gasteiger partial charge is 0.360 e. The second-order valence-corrected chi connectivity index (χ2v) is 7.43. The van der Waals surface area contributed by atoms with E-state index in [9.17, 15) is 9.59 Å². The molecule has 0 saturated heterocycles. The SMILES string of the molecule is CCCN(CC(=O)Nc1cc(C)on1)C(=O)c1ccc(C(C)(C)C)cc1. The van der Waals surface area contributed by atoms with Crippen molar-refractivity contribution >= 4 is 17.6 Å². The first-order valence-corrected chi connectivity index (χ1v) is 8.83. The van der Waals surface area contributed by atoms with Crippen LogP contribution in [0.15, 0.2) is 34.9 Å². The molecule has 1 aromatic carbocycles. The van der Waals surface area contributed by atoms with E-state index < -0.39 is 0 Å². The van der Waals surface area contributed by atoms with Crippen LogP contribution in [0, 0.1) is 6.92 Å². The van der Waals surface area contributed by atoms with E-state index in [1.165, 1.54) is 0 Å². The first-order valence-electron chi connectivity index (χ1n) is 8.83. The molecule has 6 heteroatoms. The number of anilines is 1. The van der Waals surface area contributed by atoms with Crippen molar-refractivity contribution in [3.63, 3.8) is 0 Å². The maximum Gasteiger partial charge on any atom is 0.254 e. The summed E-state index contributed by atoms with van der Waals surface area (Å²) in [6.07, 6.45) is 0.766. The Balaban J connectivity index is 2.07. The molecule has 0 spiro atoms. The van der Waals surface area contributed by atoms with Crippen LogP contribution in [0.4, 0.5) is 5.82 Å². The van der Waals surface area contributed by atoms with Gasteiger partial charge in [0.25, 0.3) is 5.91 Å². The van der Waals surface area contributed by atoms with E-state index in [2.05, 4.69) is 31.2 Å². The first kappa shape index (κ1) is 19.7. The molecular formula is C20H27N3O3. The van der Waals surface area contributed by atoms with Crippen molar-refractivity contribution in [2.24, 2.45) is 0 Å². The van der Waals surface area contributed by atoms with Crippen molar-refractivity contribution in [2.45, 2.75) is 46.5 Å². The van der Waals surface area contributed by atoms with Gasteiger partial charge in [0.2, 0.25) is 5.91 Å². The fourth-order valence-corrected chi connectivity index (χ4v) is 2.60. The molecule has 2 aromatic rings. The lowest BCUT2D eigenvalue weighted by atomic mass is 9.86. The van der Waals surface area contributed by atoms with Crippen LogP contribution in [-0.2, 0) is 10.2 Å². The molecule has 2 amide bonds. The molecule has 26 heavy (non-hydrogen) atoms. The van der Waals surface area contributed by atoms with Crippen molar-refractivity contribution in [1.82, 2.24) is 10.1 Å². The van der Waals surface area contributed by atoms with Gasteiger partial charge in [-0.3, -0.25) is 9.59 Å². The molecule has 1 N–H and O–H groups in total. The minimum Gasteiger partial charge on any atom is -0.360 e. The lowest BCUT2D eigenvalue weighted by molar-refractivity contribution is -0.116. The van der Waals surface area contributed by atoms with Gasteiger partial charge < -0.3 is 14.7 Å². The summed E-state index contributed by atoms with van der Waals surface area (Å²) in [4.78, 5) is 26.6. The average molecular weight is 357 g/mol. The van der Waals surface area contributed by atoms with Crippen molar-refractivity contribution in [2.75, 3.05) is 18.4 Å². The Kier molecular flexibility index (Phi) is 6.18. The van der Waals surface area contributed by atoms with E-state index in [0.29, 0.717) is 23.7 Å². The molecule has 0 saturated carbocycles. The van der Waals surface area contributed by atoms with E-state index in [0.717, 1.165) is 12.0 Å². The molecule has 0 fully saturated rings. The molecule has 0 aliphatic heterocycles. The maximum atomic E-state index is 12.8. The van der Waals surface area contributed by atoms with Gasteiger partial charge in [0.15, 0.2) is 5.82 Å². The predicted molar refractivity (Wildman–Crippen MR) is 101 cm³/mol. The Bertz CT molecular complexity index is 757. The highest BCUT2D eigenvalue weighted by atomic mass is 16.5. The van der Waals surface area contributed by atoms with Crippen molar-refractivity contribution in [3.05, 3.63) is 47.2 Å². The number of benzene rings is 1. The average Bonchev–Trinajstić information content (AvgIpc) is 2.98. The molecule has 6 nitrogen and oxygen atoms in total. The van der Waals surface area contributed by atoms with Gasteiger partial charge in [-0.1, -0.05) is 45.0 Å². The van der Waals surface area contributed by atoms with Gasteiger partial charge in [-0.25, -0.2) is 0 Å². The zero-order valence-electron chi connectivity index (χ0n) is 16.1. The van der Waals surface area contributed by atoms with E-state index in [4.69, 9.17) is 4.52 Å². The highest BCUT2D eigenvalue weighted by Crippen LogP contribution is 2.22. The molecule has 0 radical (unpaired) electrons. The number of carbonyl (C=O) groups excluding carboxylic acids is 2. The van der Waals surface area contributed by atoms with E-state index in [1.54, 1.807) is 17.9 Å². The van der Waals surface area contributed by atoms with Crippen LogP contribution in [-0.4, -0.2) is 35.0 Å². The number of hydrogen-bond donors (Lipinski definition) is 1. The molecule has 0 bridgehead atoms. The Morgan fingerprint density at radius 2 is 1.85 bits per heavy atom. The normalized spacial score (nSPS) is 11.3. The summed E-state index contributed by atoms with van der Waals surface area (Å²) in [6.45, 7) is 10.6. The Morgan fingerprint density at radius 1 is 1.19 bits per heavy atom. The van der Waals surface area contributed by atoms with Gasteiger partial charge in [0, 0.05) is 18.2 Å². The van der Waals surface area contributed by atoms with E-state index >= 15 is 0 Å². The first-order chi connectivity index (χ1) is 12.2. The van der Waals surface area contributed by atoms with Crippen LogP contribution in [0.1, 0.15) is 55.8 Å². The number of hydrogen-bond acceptors (Lipinski definition) is 4. The fraction of sp³-hybridized carbons (Fsp3) is 0.450. The summed E-state index contributed by atoms with van der Waals surface area (Å²) in [5, 5.41) is 6.38. The molecule has 2 rings (SSSR count). The third-order valence-corrected chi connectivity index (χ3v) is 4.01. The van der Waals surface area contributed by atoms with Crippen molar-refractivity contribution < 1.29 is 14.1 Å². The second kappa shape index (κ2) is 8.17. The highest BCUT2D eigenvalue weighted by molar-refractivity contribution is 5.99. The lowest BCUT2D eigenvalue weighted by Crippen LogP contribution is -2.38. The molecule has 1 heterocycles. The topological polar surface area (TPSA) is 75.4 Å². The molecule has 0 aliphatic carbocycles. The summed E-state index contributed by atoms with van der Waals surface area (Å²) < 4.78 is 4.93. The van der Waals surface area contributed by atoms with E-state index in [1.807, 2.05) is 31.2 Å². The van der Waals surface area contributed by atoms with Crippen molar-refractivity contribution in [3.8, 4) is 0 Å². The number of aryl methyl sites for hydroxylation is 1. The number of carbonyl (C=O) groups is 2. The summed E-state index contributed by atoms with van der Waals surface area (Å²) in [5.74, 6) is 0.511. The number of amides is 2. The Morgan fingerprint density at radius 3 is 2.35 bits per heavy atom. The van der Waals surface area contributed by atoms with Crippen LogP contribution in [0.25, 0.3) is 0 Å². The molecule has 0 unspecified atom stereocenters. The fourth-order valence-electron chi connectivity index (χ4n) is 2.60. The number of nitrogens with one attached hydrogen (secondary N) is 1. The van der Waals surface area contributed by atoms with Gasteiger partial charge in [-0.2, -0.15) is 0 Å². The predicted octanol–water partition coefficient (Wildman–Crippen LogP) is 3.77. The summed E-state index contributed by atoms with van der Waals surface area (Å²) in [6, 6.07) is 9.22. The highest BCUT2D eigenvalue weighted by Gasteiger charge is 2.20. The molecule has 140 valence electrons. The van der Waals surface area contributed by atoms with Gasteiger partial charge in [-0.05, 0) is 36.5 Å². The van der Waals surface area contributed by atoms with Gasteiger partial charge >= 0.3 is 0 Å². The van der Waals surface area contributed by atoms with Crippen LogP contribution in [0.3, 0.4) is 0 Å². The maximum absolute atomic E-state index is 12.8. The van der Waals surface area contributed by atoms with E-state index in [-0.39, 0.29) is 23.8 Å². The second-order valence-electron chi connectivity index (χ2n) is 7.43. The smallest absolute Gasteiger partial charge is 0.254 e. The van der Waals surface area contributed by atoms with Gasteiger partial charge in [0.05, 0.1) is 0 Å².